The minimum atomic E-state index is -1.26. The van der Waals surface area contributed by atoms with Crippen molar-refractivity contribution in [3.8, 4) is 0 Å². The van der Waals surface area contributed by atoms with Crippen molar-refractivity contribution in [3.05, 3.63) is 35.0 Å². The number of carbonyl (C=O) groups excluding carboxylic acids is 2. The number of fused-ring (bicyclic) bond motifs is 1. The van der Waals surface area contributed by atoms with Crippen LogP contribution in [0.25, 0.3) is 0 Å². The fourth-order valence-corrected chi connectivity index (χ4v) is 6.38. The molecule has 2 aliphatic rings. The molecule has 0 aromatic carbocycles. The Morgan fingerprint density at radius 2 is 2.24 bits per heavy atom. The Labute approximate surface area is 234 Å². The van der Waals surface area contributed by atoms with Crippen molar-refractivity contribution in [1.29, 1.82) is 0 Å². The van der Waals surface area contributed by atoms with Crippen LogP contribution in [0.3, 0.4) is 0 Å². The van der Waals surface area contributed by atoms with Crippen LogP contribution in [0.15, 0.2) is 39.6 Å². The number of oxime groups is 1. The number of nitrogen functional groups attached to an aromatic ring is 1. The number of halogens is 1. The molecule has 2 aromatic rings. The van der Waals surface area contributed by atoms with E-state index in [1.165, 1.54) is 44.6 Å². The number of nitrogens with zero attached hydrogens (tertiary/aromatic N) is 7. The molecule has 0 bridgehead atoms. The lowest BCUT2D eigenvalue weighted by Crippen LogP contribution is -2.71. The zero-order valence-electron chi connectivity index (χ0n) is 19.4. The number of hydrogen-bond acceptors (Lipinski definition) is 14. The number of aromatic nitrogens is 5. The molecule has 38 heavy (non-hydrogen) atoms. The maximum atomic E-state index is 13.0. The molecule has 204 valence electrons. The number of aliphatic carboxylic acids is 1. The van der Waals surface area contributed by atoms with Gasteiger partial charge in [0.15, 0.2) is 10.8 Å². The van der Waals surface area contributed by atoms with Gasteiger partial charge in [-0.3, -0.25) is 14.5 Å². The molecule has 1 saturated heterocycles. The van der Waals surface area contributed by atoms with Crippen LogP contribution in [0.5, 0.6) is 0 Å². The van der Waals surface area contributed by atoms with Gasteiger partial charge in [0.2, 0.25) is 5.16 Å². The zero-order valence-corrected chi connectivity index (χ0v) is 22.7. The summed E-state index contributed by atoms with van der Waals surface area (Å²) in [6.45, 7) is 3.60. The summed E-state index contributed by atoms with van der Waals surface area (Å²) in [5.41, 5.74) is 6.05. The van der Waals surface area contributed by atoms with Crippen molar-refractivity contribution in [1.82, 2.24) is 35.4 Å². The normalized spacial score (nSPS) is 18.8. The second-order valence-corrected chi connectivity index (χ2v) is 10.3. The number of carboxylic acids is 1. The Hall–Kier alpha value is -3.19. The Morgan fingerprint density at radius 3 is 2.89 bits per heavy atom. The number of rotatable bonds is 12. The lowest BCUT2D eigenvalue weighted by atomic mass is 10.0. The maximum absolute atomic E-state index is 13.0. The number of β-lactam (4-membered cyclic amide) rings is 1. The van der Waals surface area contributed by atoms with Gasteiger partial charge in [0.1, 0.15) is 29.4 Å². The molecule has 4 rings (SSSR count). The van der Waals surface area contributed by atoms with Crippen LogP contribution in [0, 0.1) is 0 Å². The average Bonchev–Trinajstić information content (AvgIpc) is 3.51. The first-order valence-corrected chi connectivity index (χ1v) is 13.5. The van der Waals surface area contributed by atoms with Crippen molar-refractivity contribution >= 4 is 75.9 Å². The number of anilines is 1. The molecule has 2 aromatic heterocycles. The molecule has 2 atom stereocenters. The van der Waals surface area contributed by atoms with Crippen LogP contribution in [0.4, 0.5) is 5.13 Å². The zero-order chi connectivity index (χ0) is 26.5. The molecule has 2 amide bonds. The number of amides is 2. The summed E-state index contributed by atoms with van der Waals surface area (Å²) in [6, 6.07) is -0.974. The van der Waals surface area contributed by atoms with Crippen LogP contribution >= 0.6 is 47.3 Å². The van der Waals surface area contributed by atoms with E-state index in [0.29, 0.717) is 16.5 Å². The minimum Gasteiger partial charge on any atom is -0.477 e. The van der Waals surface area contributed by atoms with E-state index in [0.717, 1.165) is 11.3 Å². The highest BCUT2D eigenvalue weighted by Crippen LogP contribution is 2.41. The highest BCUT2D eigenvalue weighted by atomic mass is 35.5. The van der Waals surface area contributed by atoms with Gasteiger partial charge in [-0.25, -0.2) is 14.5 Å². The average molecular weight is 604 g/mol. The van der Waals surface area contributed by atoms with E-state index < -0.39 is 29.2 Å². The van der Waals surface area contributed by atoms with Crippen LogP contribution in [0.2, 0.25) is 0 Å². The summed E-state index contributed by atoms with van der Waals surface area (Å²) in [6.07, 6.45) is 1.45. The van der Waals surface area contributed by atoms with Gasteiger partial charge in [-0.05, 0) is 16.0 Å². The molecule has 4 heterocycles. The Bertz CT molecular complexity index is 1280. The van der Waals surface area contributed by atoms with Gasteiger partial charge in [0, 0.05) is 16.9 Å². The largest absolute Gasteiger partial charge is 0.477 e. The standard InChI is InChI=1S/C19H21N9O6S3.ClH/c1-2-5-34-24-11(10-8-36-18(20)21-10)14(30)22-12-15(31)28-13(17(32)33)9(6-35-16(12)28)7-37-19-23-25-26-27(19)3-4-29;/h2,8,12,16,29H,1,3-7H2,(H2,20,21)(H,22,30)(H,32,33);1H/b24-11+;/t12?,16-;/m1./s1. The molecule has 0 saturated carbocycles. The van der Waals surface area contributed by atoms with Gasteiger partial charge in [-0.15, -0.1) is 40.6 Å². The number of thiazole rings is 1. The molecule has 15 nitrogen and oxygen atoms in total. The van der Waals surface area contributed by atoms with E-state index in [-0.39, 0.29) is 60.2 Å². The van der Waals surface area contributed by atoms with Crippen molar-refractivity contribution in [2.45, 2.75) is 23.1 Å². The van der Waals surface area contributed by atoms with Gasteiger partial charge < -0.3 is 26.1 Å². The third-order valence-electron chi connectivity index (χ3n) is 5.05. The molecule has 1 unspecified atom stereocenters. The number of tetrazole rings is 1. The third kappa shape index (κ3) is 6.09. The fraction of sp³-hybridized carbons (Fsp3) is 0.368. The summed E-state index contributed by atoms with van der Waals surface area (Å²) in [5.74, 6) is -2.02. The number of nitrogens with one attached hydrogen (secondary N) is 1. The molecule has 0 aliphatic carbocycles. The number of aliphatic hydroxyl groups is 1. The number of carboxylic acid groups (broad SMARTS) is 1. The fourth-order valence-electron chi connectivity index (χ4n) is 3.45. The summed E-state index contributed by atoms with van der Waals surface area (Å²) in [7, 11) is 0. The van der Waals surface area contributed by atoms with E-state index >= 15 is 0 Å². The quantitative estimate of drug-likeness (QED) is 0.0606. The second-order valence-electron chi connectivity index (χ2n) is 7.41. The third-order valence-corrected chi connectivity index (χ3v) is 8.11. The Morgan fingerprint density at radius 1 is 1.45 bits per heavy atom. The minimum absolute atomic E-state index is 0. The van der Waals surface area contributed by atoms with Crippen molar-refractivity contribution in [3.63, 3.8) is 0 Å². The first kappa shape index (κ1) is 29.4. The molecule has 1 fully saturated rings. The Kier molecular flexibility index (Phi) is 10.1. The smallest absolute Gasteiger partial charge is 0.352 e. The maximum Gasteiger partial charge on any atom is 0.352 e. The lowest BCUT2D eigenvalue weighted by molar-refractivity contribution is -0.150. The molecule has 0 spiro atoms. The number of aliphatic hydroxyl groups excluding tert-OH is 1. The molecular formula is C19H22ClN9O6S3. The van der Waals surface area contributed by atoms with Gasteiger partial charge in [0.05, 0.1) is 13.2 Å². The summed E-state index contributed by atoms with van der Waals surface area (Å²) >= 11 is 3.62. The molecular weight excluding hydrogens is 582 g/mol. The van der Waals surface area contributed by atoms with Gasteiger partial charge >= 0.3 is 5.97 Å². The number of nitrogens with two attached hydrogens (primary N) is 1. The first-order chi connectivity index (χ1) is 17.8. The molecule has 2 aliphatic heterocycles. The summed E-state index contributed by atoms with van der Waals surface area (Å²) < 4.78 is 1.40. The predicted octanol–water partition coefficient (Wildman–Crippen LogP) is -0.436. The molecule has 0 radical (unpaired) electrons. The van der Waals surface area contributed by atoms with Crippen LogP contribution < -0.4 is 11.1 Å². The molecule has 5 N–H and O–H groups in total. The van der Waals surface area contributed by atoms with Crippen LogP contribution in [-0.2, 0) is 25.8 Å². The van der Waals surface area contributed by atoms with E-state index in [1.54, 1.807) is 0 Å². The van der Waals surface area contributed by atoms with Gasteiger partial charge in [-0.1, -0.05) is 29.6 Å². The number of hydrogen-bond donors (Lipinski definition) is 4. The van der Waals surface area contributed by atoms with E-state index in [2.05, 4.69) is 37.6 Å². The molecule has 19 heteroatoms. The Balaban J connectivity index is 0.00000400. The monoisotopic (exact) mass is 603 g/mol. The van der Waals surface area contributed by atoms with Gasteiger partial charge in [-0.2, -0.15) is 0 Å². The SMILES string of the molecule is C=CCO/N=C(/C(=O)NC1C(=O)N2C(C(=O)O)=C(CSc3nnnn3CCO)CS[C@H]12)c1csc(N)n1.Cl. The highest BCUT2D eigenvalue weighted by molar-refractivity contribution is 8.01. The number of thioether (sulfide) groups is 2. The van der Waals surface area contributed by atoms with E-state index in [1.807, 2.05) is 0 Å². The number of carbonyl (C=O) groups is 3. The van der Waals surface area contributed by atoms with Crippen LogP contribution in [-0.4, -0.2) is 99.9 Å². The van der Waals surface area contributed by atoms with Gasteiger partial charge in [0.25, 0.3) is 11.8 Å². The van der Waals surface area contributed by atoms with Crippen molar-refractivity contribution < 1.29 is 29.4 Å². The summed E-state index contributed by atoms with van der Waals surface area (Å²) in [4.78, 5) is 48.4. The second kappa shape index (κ2) is 13.1. The van der Waals surface area contributed by atoms with Crippen LogP contribution in [0.1, 0.15) is 5.69 Å². The first-order valence-electron chi connectivity index (χ1n) is 10.6. The van der Waals surface area contributed by atoms with E-state index in [4.69, 9.17) is 15.7 Å². The van der Waals surface area contributed by atoms with Crippen molar-refractivity contribution in [2.24, 2.45) is 5.16 Å². The summed E-state index contributed by atoms with van der Waals surface area (Å²) in [5, 5.41) is 38.2. The van der Waals surface area contributed by atoms with E-state index in [9.17, 15) is 19.5 Å². The highest BCUT2D eigenvalue weighted by Gasteiger charge is 2.54. The predicted molar refractivity (Wildman–Crippen MR) is 142 cm³/mol. The van der Waals surface area contributed by atoms with Crippen molar-refractivity contribution in [2.75, 3.05) is 30.5 Å². The topological polar surface area (TPSA) is 211 Å². The lowest BCUT2D eigenvalue weighted by Gasteiger charge is -2.49.